The number of carboxylic acids is 1. The molecule has 0 bridgehead atoms. The van der Waals surface area contributed by atoms with Crippen LogP contribution in [0, 0.1) is 0 Å². The maximum absolute atomic E-state index is 12.4. The summed E-state index contributed by atoms with van der Waals surface area (Å²) in [5.41, 5.74) is 7.22. The van der Waals surface area contributed by atoms with Crippen LogP contribution >= 0.6 is 23.1 Å². The number of nitrogen functional groups attached to an aromatic ring is 1. The Bertz CT molecular complexity index is 997. The number of rotatable bonds is 5. The molecule has 2 fully saturated rings. The van der Waals surface area contributed by atoms with Crippen molar-refractivity contribution in [1.82, 2.24) is 15.2 Å². The van der Waals surface area contributed by atoms with Crippen LogP contribution in [0.2, 0.25) is 0 Å². The summed E-state index contributed by atoms with van der Waals surface area (Å²) >= 11 is 2.71. The quantitative estimate of drug-likeness (QED) is 0.321. The number of amides is 2. The van der Waals surface area contributed by atoms with Crippen LogP contribution in [0.25, 0.3) is 10.2 Å². The number of benzene rings is 1. The molecule has 0 aliphatic carbocycles. The van der Waals surface area contributed by atoms with Crippen molar-refractivity contribution < 1.29 is 49.0 Å². The van der Waals surface area contributed by atoms with Gasteiger partial charge in [0.15, 0.2) is 5.13 Å². The van der Waals surface area contributed by atoms with Crippen molar-refractivity contribution in [3.63, 3.8) is 0 Å². The predicted octanol–water partition coefficient (Wildman–Crippen LogP) is -3.41. The van der Waals surface area contributed by atoms with E-state index >= 15 is 0 Å². The fourth-order valence-corrected chi connectivity index (χ4v) is 5.98. The molecule has 148 valence electrons. The van der Waals surface area contributed by atoms with Gasteiger partial charge in [-0.2, -0.15) is 0 Å². The van der Waals surface area contributed by atoms with Crippen LogP contribution in [0.4, 0.5) is 10.8 Å². The summed E-state index contributed by atoms with van der Waals surface area (Å²) in [5, 5.41) is 17.2. The summed E-state index contributed by atoms with van der Waals surface area (Å²) in [6.45, 7) is 3.49. The van der Waals surface area contributed by atoms with Crippen molar-refractivity contribution in [1.29, 1.82) is 0 Å². The summed E-state index contributed by atoms with van der Waals surface area (Å²) in [6, 6.07) is 3.73. The molecule has 29 heavy (non-hydrogen) atoms. The van der Waals surface area contributed by atoms with E-state index in [4.69, 9.17) is 5.73 Å². The largest absolute Gasteiger partial charge is 1.00 e. The molecule has 3 heterocycles. The number of fused-ring (bicyclic) bond motifs is 2. The summed E-state index contributed by atoms with van der Waals surface area (Å²) in [4.78, 5) is 41.5. The van der Waals surface area contributed by atoms with E-state index in [1.54, 1.807) is 19.9 Å². The summed E-state index contributed by atoms with van der Waals surface area (Å²) in [7, 11) is 0. The first-order chi connectivity index (χ1) is 13.2. The van der Waals surface area contributed by atoms with E-state index < -0.39 is 34.1 Å². The van der Waals surface area contributed by atoms with Gasteiger partial charge in [0.1, 0.15) is 11.4 Å². The molecule has 2 amide bonds. The number of β-lactam (4-membered cyclic amide) rings is 1. The van der Waals surface area contributed by atoms with Crippen LogP contribution in [0.3, 0.4) is 0 Å². The van der Waals surface area contributed by atoms with Crippen molar-refractivity contribution in [3.05, 3.63) is 18.2 Å². The first-order valence-corrected chi connectivity index (χ1v) is 10.3. The van der Waals surface area contributed by atoms with E-state index in [0.29, 0.717) is 5.13 Å². The van der Waals surface area contributed by atoms with E-state index in [0.717, 1.165) is 15.9 Å². The smallest absolute Gasteiger partial charge is 0.548 e. The van der Waals surface area contributed by atoms with E-state index in [9.17, 15) is 19.5 Å². The molecule has 9 nitrogen and oxygen atoms in total. The summed E-state index contributed by atoms with van der Waals surface area (Å²) in [6.07, 6.45) is 0. The van der Waals surface area contributed by atoms with Crippen LogP contribution in [0.15, 0.2) is 18.2 Å². The van der Waals surface area contributed by atoms with E-state index in [1.807, 2.05) is 12.1 Å². The number of hydrogen-bond acceptors (Lipinski definition) is 9. The third-order valence-electron chi connectivity index (χ3n) is 4.84. The molecular formula is C17H18N5NaO4S2. The monoisotopic (exact) mass is 443 g/mol. The minimum absolute atomic E-state index is 0. The SMILES string of the molecule is CC1(C)S[C@@H]2[C@H](NC(=O)CNc3ccc4nc(N)sc4c3)C(=O)N2[C@H]1C(=O)[O-].[Na+]. The average molecular weight is 443 g/mol. The zero-order valence-corrected chi connectivity index (χ0v) is 19.7. The topological polar surface area (TPSA) is 140 Å². The predicted molar refractivity (Wildman–Crippen MR) is 106 cm³/mol. The van der Waals surface area contributed by atoms with Crippen LogP contribution in [0.1, 0.15) is 13.8 Å². The second-order valence-corrected chi connectivity index (χ2v) is 10.0. The Morgan fingerprint density at radius 2 is 2.10 bits per heavy atom. The fraction of sp³-hybridized carbons (Fsp3) is 0.412. The van der Waals surface area contributed by atoms with Gasteiger partial charge in [-0.3, -0.25) is 9.59 Å². The Hall–Kier alpha value is -1.53. The molecule has 0 spiro atoms. The van der Waals surface area contributed by atoms with Gasteiger partial charge in [-0.1, -0.05) is 11.3 Å². The van der Waals surface area contributed by atoms with E-state index in [1.165, 1.54) is 28.0 Å². The number of carbonyl (C=O) groups is 3. The molecule has 2 aliphatic rings. The Morgan fingerprint density at radius 1 is 1.38 bits per heavy atom. The first-order valence-electron chi connectivity index (χ1n) is 8.57. The average Bonchev–Trinajstić information content (AvgIpc) is 3.11. The Kier molecular flexibility index (Phi) is 6.08. The van der Waals surface area contributed by atoms with Gasteiger partial charge in [-0.15, -0.1) is 11.8 Å². The third kappa shape index (κ3) is 3.93. The summed E-state index contributed by atoms with van der Waals surface area (Å²) in [5.74, 6) is -2.02. The molecule has 0 radical (unpaired) electrons. The second-order valence-electron chi connectivity index (χ2n) is 7.21. The van der Waals surface area contributed by atoms with Gasteiger partial charge in [0.05, 0.1) is 28.8 Å². The molecule has 1 aromatic carbocycles. The molecule has 2 aromatic rings. The number of carboxylic acid groups (broad SMARTS) is 1. The molecule has 2 aliphatic heterocycles. The molecule has 2 saturated heterocycles. The number of aliphatic carboxylic acids is 1. The zero-order chi connectivity index (χ0) is 20.2. The Balaban J connectivity index is 0.00000240. The number of thiazole rings is 1. The van der Waals surface area contributed by atoms with Gasteiger partial charge < -0.3 is 31.2 Å². The molecule has 4 N–H and O–H groups in total. The molecule has 3 atom stereocenters. The van der Waals surface area contributed by atoms with Gasteiger partial charge in [-0.25, -0.2) is 4.98 Å². The Morgan fingerprint density at radius 3 is 2.79 bits per heavy atom. The normalized spacial score (nSPS) is 24.4. The Labute approximate surface area is 197 Å². The number of aromatic nitrogens is 1. The third-order valence-corrected chi connectivity index (χ3v) is 7.26. The number of thioether (sulfide) groups is 1. The molecular weight excluding hydrogens is 425 g/mol. The van der Waals surface area contributed by atoms with Gasteiger partial charge >= 0.3 is 29.6 Å². The van der Waals surface area contributed by atoms with Crippen molar-refractivity contribution in [3.8, 4) is 0 Å². The van der Waals surface area contributed by atoms with Crippen molar-refractivity contribution in [2.24, 2.45) is 0 Å². The van der Waals surface area contributed by atoms with Gasteiger partial charge in [0, 0.05) is 10.4 Å². The number of nitrogens with two attached hydrogens (primary N) is 1. The molecule has 12 heteroatoms. The first kappa shape index (κ1) is 22.2. The van der Waals surface area contributed by atoms with Crippen molar-refractivity contribution >= 4 is 61.9 Å². The second kappa shape index (κ2) is 7.95. The molecule has 1 aromatic heterocycles. The van der Waals surface area contributed by atoms with Crippen LogP contribution in [0.5, 0.6) is 0 Å². The number of nitrogens with one attached hydrogen (secondary N) is 2. The minimum Gasteiger partial charge on any atom is -0.548 e. The maximum atomic E-state index is 12.4. The van der Waals surface area contributed by atoms with E-state index in [-0.39, 0.29) is 42.0 Å². The van der Waals surface area contributed by atoms with Crippen LogP contribution < -0.4 is 51.0 Å². The van der Waals surface area contributed by atoms with Gasteiger partial charge in [0.2, 0.25) is 11.8 Å². The van der Waals surface area contributed by atoms with E-state index in [2.05, 4.69) is 15.6 Å². The minimum atomic E-state index is -1.28. The van der Waals surface area contributed by atoms with Crippen molar-refractivity contribution in [2.45, 2.75) is 36.1 Å². The molecule has 4 rings (SSSR count). The number of hydrogen-bond donors (Lipinski definition) is 3. The standard InChI is InChI=1S/C17H19N5O4S2.Na/c1-17(2)12(15(25)26)22-13(24)11(14(22)28-17)21-10(23)6-19-7-3-4-8-9(5-7)27-16(18)20-8;/h3-5,11-12,14,19H,6H2,1-2H3,(H2,18,20)(H,21,23)(H,25,26);/q;+1/p-1/t11-,12+,14-;/m1./s1. The summed E-state index contributed by atoms with van der Waals surface area (Å²) < 4.78 is 0.230. The fourth-order valence-electron chi connectivity index (χ4n) is 3.59. The molecule has 0 unspecified atom stereocenters. The van der Waals surface area contributed by atoms with Crippen molar-refractivity contribution in [2.75, 3.05) is 17.6 Å². The number of nitrogens with zero attached hydrogens (tertiary/aromatic N) is 2. The van der Waals surface area contributed by atoms with Gasteiger partial charge in [-0.05, 0) is 32.0 Å². The number of anilines is 2. The van der Waals surface area contributed by atoms with Gasteiger partial charge in [0.25, 0.3) is 0 Å². The molecule has 0 saturated carbocycles. The zero-order valence-electron chi connectivity index (χ0n) is 16.1. The van der Waals surface area contributed by atoms with Crippen LogP contribution in [-0.2, 0) is 14.4 Å². The maximum Gasteiger partial charge on any atom is 1.00 e. The number of carbonyl (C=O) groups excluding carboxylic acids is 3. The van der Waals surface area contributed by atoms with Crippen LogP contribution in [-0.4, -0.2) is 56.4 Å².